The van der Waals surface area contributed by atoms with Crippen LogP contribution in [0.4, 0.5) is 0 Å². The third kappa shape index (κ3) is 3.66. The first-order valence-electron chi connectivity index (χ1n) is 19.0. The second kappa shape index (κ2) is 10.1. The lowest BCUT2D eigenvalue weighted by Crippen LogP contribution is -2.14. The molecule has 0 radical (unpaired) electrons. The Kier molecular flexibility index (Phi) is 5.42. The summed E-state index contributed by atoms with van der Waals surface area (Å²) in [5, 5.41) is 9.09. The van der Waals surface area contributed by atoms with Crippen molar-refractivity contribution in [2.24, 2.45) is 0 Å². The van der Waals surface area contributed by atoms with Crippen molar-refractivity contribution >= 4 is 87.5 Å². The van der Waals surface area contributed by atoms with Gasteiger partial charge in [-0.05, 0) is 95.1 Å². The van der Waals surface area contributed by atoms with E-state index in [-0.39, 0.29) is 5.41 Å². The number of nitrogens with zero attached hydrogens (tertiary/aromatic N) is 2. The monoisotopic (exact) mass is 704 g/mol. The summed E-state index contributed by atoms with van der Waals surface area (Å²) in [5.74, 6) is 0. The third-order valence-electron chi connectivity index (χ3n) is 12.5. The highest BCUT2D eigenvalue weighted by atomic mass is 16.3. The molecule has 4 heterocycles. The minimum atomic E-state index is -0.0411. The van der Waals surface area contributed by atoms with E-state index in [0.29, 0.717) is 0 Å². The summed E-state index contributed by atoms with van der Waals surface area (Å²) in [6, 6.07) is 57.2. The average Bonchev–Trinajstić information content (AvgIpc) is 4.01. The maximum absolute atomic E-state index is 7.22. The lowest BCUT2D eigenvalue weighted by Gasteiger charge is -2.21. The van der Waals surface area contributed by atoms with E-state index >= 15 is 0 Å². The van der Waals surface area contributed by atoms with Crippen molar-refractivity contribution < 1.29 is 8.83 Å². The molecule has 0 N–H and O–H groups in total. The molecule has 1 aliphatic rings. The topological polar surface area (TPSA) is 36.1 Å². The summed E-state index contributed by atoms with van der Waals surface area (Å²) in [5.41, 5.74) is 15.8. The van der Waals surface area contributed by atoms with Crippen molar-refractivity contribution in [2.75, 3.05) is 0 Å². The van der Waals surface area contributed by atoms with Gasteiger partial charge in [0.25, 0.3) is 0 Å². The first-order valence-corrected chi connectivity index (χ1v) is 19.0. The Bertz CT molecular complexity index is 3640. The van der Waals surface area contributed by atoms with E-state index in [2.05, 4.69) is 169 Å². The predicted octanol–water partition coefficient (Wildman–Crippen LogP) is 14.0. The first kappa shape index (κ1) is 29.4. The molecule has 1 aliphatic carbocycles. The summed E-state index contributed by atoms with van der Waals surface area (Å²) >= 11 is 0. The van der Waals surface area contributed by atoms with Crippen LogP contribution in [0.25, 0.3) is 110 Å². The van der Waals surface area contributed by atoms with Gasteiger partial charge < -0.3 is 18.0 Å². The standard InChI is InChI=1S/C51H32N2O2/c1-51(2)39-15-7-3-11-31(39)37-27-29(19-23-40(37)51)52-41-16-8-4-13-35(41)47-43(52)24-21-33-34-22-25-44-48(50(34)55-49(33)47)36-14-5-9-17-42(36)53(44)30-20-26-46-38(28-30)32-12-6-10-18-45(32)54-46/h3-28H,1-2H3. The van der Waals surface area contributed by atoms with Gasteiger partial charge in [-0.3, -0.25) is 0 Å². The van der Waals surface area contributed by atoms with Gasteiger partial charge in [0.2, 0.25) is 0 Å². The zero-order valence-corrected chi connectivity index (χ0v) is 30.2. The molecule has 13 rings (SSSR count). The van der Waals surface area contributed by atoms with E-state index in [9.17, 15) is 0 Å². The molecule has 258 valence electrons. The summed E-state index contributed by atoms with van der Waals surface area (Å²) in [6.07, 6.45) is 0. The average molecular weight is 705 g/mol. The largest absolute Gasteiger partial charge is 0.456 e. The molecular formula is C51H32N2O2. The number of furan rings is 2. The highest BCUT2D eigenvalue weighted by molar-refractivity contribution is 6.29. The molecule has 0 spiro atoms. The van der Waals surface area contributed by atoms with Crippen LogP contribution in [-0.4, -0.2) is 9.13 Å². The molecular weight excluding hydrogens is 673 g/mol. The lowest BCUT2D eigenvalue weighted by molar-refractivity contribution is 0.660. The van der Waals surface area contributed by atoms with Gasteiger partial charge in [0.05, 0.1) is 32.8 Å². The molecule has 4 aromatic heterocycles. The Morgan fingerprint density at radius 1 is 0.382 bits per heavy atom. The van der Waals surface area contributed by atoms with Crippen LogP contribution in [0, 0.1) is 0 Å². The van der Waals surface area contributed by atoms with E-state index in [4.69, 9.17) is 8.83 Å². The second-order valence-electron chi connectivity index (χ2n) is 15.7. The molecule has 0 atom stereocenters. The molecule has 0 aliphatic heterocycles. The van der Waals surface area contributed by atoms with E-state index in [0.717, 1.165) is 82.6 Å². The van der Waals surface area contributed by atoms with Crippen molar-refractivity contribution in [3.8, 4) is 22.5 Å². The lowest BCUT2D eigenvalue weighted by atomic mass is 9.82. The number of hydrogen-bond donors (Lipinski definition) is 0. The molecule has 12 aromatic rings. The molecule has 4 heteroatoms. The summed E-state index contributed by atoms with van der Waals surface area (Å²) in [4.78, 5) is 0. The van der Waals surface area contributed by atoms with Crippen LogP contribution in [0.3, 0.4) is 0 Å². The van der Waals surface area contributed by atoms with Gasteiger partial charge >= 0.3 is 0 Å². The Balaban J connectivity index is 1.08. The molecule has 0 bridgehead atoms. The fourth-order valence-corrected chi connectivity index (χ4v) is 10.1. The van der Waals surface area contributed by atoms with Crippen molar-refractivity contribution in [3.63, 3.8) is 0 Å². The van der Waals surface area contributed by atoms with Crippen molar-refractivity contribution in [2.45, 2.75) is 19.3 Å². The zero-order chi connectivity index (χ0) is 36.2. The zero-order valence-electron chi connectivity index (χ0n) is 30.2. The maximum atomic E-state index is 7.22. The van der Waals surface area contributed by atoms with Crippen LogP contribution < -0.4 is 0 Å². The van der Waals surface area contributed by atoms with Crippen molar-refractivity contribution in [3.05, 3.63) is 169 Å². The van der Waals surface area contributed by atoms with Crippen molar-refractivity contribution in [1.82, 2.24) is 9.13 Å². The maximum Gasteiger partial charge on any atom is 0.145 e. The smallest absolute Gasteiger partial charge is 0.145 e. The minimum absolute atomic E-state index is 0.0411. The fraction of sp³-hybridized carbons (Fsp3) is 0.0588. The number of benzene rings is 8. The summed E-state index contributed by atoms with van der Waals surface area (Å²) < 4.78 is 18.2. The molecule has 0 amide bonds. The van der Waals surface area contributed by atoms with E-state index < -0.39 is 0 Å². The fourth-order valence-electron chi connectivity index (χ4n) is 10.1. The van der Waals surface area contributed by atoms with E-state index in [1.807, 2.05) is 12.1 Å². The quantitative estimate of drug-likeness (QED) is 0.180. The van der Waals surface area contributed by atoms with Gasteiger partial charge in [0.15, 0.2) is 0 Å². The molecule has 0 saturated heterocycles. The Morgan fingerprint density at radius 2 is 0.927 bits per heavy atom. The first-order chi connectivity index (χ1) is 27.0. The van der Waals surface area contributed by atoms with Crippen LogP contribution in [0.2, 0.25) is 0 Å². The van der Waals surface area contributed by atoms with Crippen LogP contribution in [0.1, 0.15) is 25.0 Å². The number of rotatable bonds is 2. The second-order valence-corrected chi connectivity index (χ2v) is 15.7. The van der Waals surface area contributed by atoms with Gasteiger partial charge in [0.1, 0.15) is 22.3 Å². The number of aromatic nitrogens is 2. The Morgan fingerprint density at radius 3 is 1.64 bits per heavy atom. The van der Waals surface area contributed by atoms with E-state index in [1.54, 1.807) is 0 Å². The van der Waals surface area contributed by atoms with Gasteiger partial charge in [-0.25, -0.2) is 0 Å². The summed E-state index contributed by atoms with van der Waals surface area (Å²) in [7, 11) is 0. The van der Waals surface area contributed by atoms with Crippen molar-refractivity contribution in [1.29, 1.82) is 0 Å². The van der Waals surface area contributed by atoms with Gasteiger partial charge in [-0.15, -0.1) is 0 Å². The SMILES string of the molecule is CC1(C)c2ccccc2-c2cc(-n3c4ccccc4c4c5oc6c(ccc7c6c6ccccc6n7-c6ccc7oc8ccccc8c7c6)c5ccc43)ccc21. The minimum Gasteiger partial charge on any atom is -0.456 e. The summed E-state index contributed by atoms with van der Waals surface area (Å²) in [6.45, 7) is 4.68. The van der Waals surface area contributed by atoms with Crippen LogP contribution >= 0.6 is 0 Å². The normalized spacial score (nSPS) is 13.8. The highest BCUT2D eigenvalue weighted by Gasteiger charge is 2.35. The highest BCUT2D eigenvalue weighted by Crippen LogP contribution is 2.50. The number of hydrogen-bond acceptors (Lipinski definition) is 2. The van der Waals surface area contributed by atoms with Gasteiger partial charge in [0, 0.05) is 49.1 Å². The molecule has 0 fully saturated rings. The van der Waals surface area contributed by atoms with Gasteiger partial charge in [-0.1, -0.05) is 98.8 Å². The molecule has 4 nitrogen and oxygen atoms in total. The molecule has 0 unspecified atom stereocenters. The predicted molar refractivity (Wildman–Crippen MR) is 227 cm³/mol. The Hall–Kier alpha value is -7.04. The molecule has 8 aromatic carbocycles. The van der Waals surface area contributed by atoms with Crippen LogP contribution in [0.15, 0.2) is 167 Å². The molecule has 0 saturated carbocycles. The van der Waals surface area contributed by atoms with Crippen LogP contribution in [-0.2, 0) is 5.41 Å². The van der Waals surface area contributed by atoms with Crippen LogP contribution in [0.5, 0.6) is 0 Å². The van der Waals surface area contributed by atoms with E-state index in [1.165, 1.54) is 38.5 Å². The number of fused-ring (bicyclic) bond motifs is 17. The van der Waals surface area contributed by atoms with Gasteiger partial charge in [-0.2, -0.15) is 0 Å². The number of para-hydroxylation sites is 3. The Labute approximate surface area is 315 Å². The third-order valence-corrected chi connectivity index (χ3v) is 12.5. The molecule has 55 heavy (non-hydrogen) atoms.